The number of fused-ring (bicyclic) bond motifs is 1. The normalized spacial score (nSPS) is 26.0. The fraction of sp³-hybridized carbons (Fsp3) is 0.607. The maximum absolute atomic E-state index is 12.9. The number of nitrogens with zero attached hydrogens (tertiary/aromatic N) is 1. The molecular formula is C28H42N2O. The van der Waals surface area contributed by atoms with Crippen LogP contribution in [0.4, 0.5) is 0 Å². The zero-order valence-electron chi connectivity index (χ0n) is 19.5. The highest BCUT2D eigenvalue weighted by molar-refractivity contribution is 5.85. The number of hydrogen-bond donors (Lipinski definition) is 1. The van der Waals surface area contributed by atoms with Crippen molar-refractivity contribution in [2.24, 2.45) is 23.2 Å². The standard InChI is InChI=1S/C28H40N2O.H2/c1-28(2,26-15-7-14-24-21-25(24)26)27(31)29-17-20-30-18-8-13-23(16-19-30)12-6-11-22-9-4-3-5-10-22;/h3-5,7,9-10,14-15,23-25H,6,8,11-13,16-21H2,1-2H3,(H,29,31);1H. The summed E-state index contributed by atoms with van der Waals surface area (Å²) < 4.78 is 0. The smallest absolute Gasteiger partial charge is 0.229 e. The highest BCUT2D eigenvalue weighted by atomic mass is 16.2. The van der Waals surface area contributed by atoms with Gasteiger partial charge < -0.3 is 10.2 Å². The molecule has 1 amide bonds. The molecule has 31 heavy (non-hydrogen) atoms. The summed E-state index contributed by atoms with van der Waals surface area (Å²) in [5, 5.41) is 3.25. The van der Waals surface area contributed by atoms with Gasteiger partial charge in [-0.15, -0.1) is 0 Å². The van der Waals surface area contributed by atoms with Crippen LogP contribution in [0.25, 0.3) is 0 Å². The highest BCUT2D eigenvalue weighted by Gasteiger charge is 2.46. The van der Waals surface area contributed by atoms with Gasteiger partial charge in [-0.2, -0.15) is 0 Å². The van der Waals surface area contributed by atoms with Gasteiger partial charge in [0.05, 0.1) is 5.41 Å². The minimum atomic E-state index is -0.396. The van der Waals surface area contributed by atoms with Crippen LogP contribution in [0.2, 0.25) is 0 Å². The summed E-state index contributed by atoms with van der Waals surface area (Å²) >= 11 is 0. The van der Waals surface area contributed by atoms with Gasteiger partial charge in [-0.3, -0.25) is 4.79 Å². The van der Waals surface area contributed by atoms with Crippen molar-refractivity contribution in [3.05, 3.63) is 59.7 Å². The van der Waals surface area contributed by atoms with E-state index in [0.717, 1.165) is 19.0 Å². The minimum Gasteiger partial charge on any atom is -0.354 e. The lowest BCUT2D eigenvalue weighted by molar-refractivity contribution is -0.127. The van der Waals surface area contributed by atoms with Crippen molar-refractivity contribution in [1.82, 2.24) is 10.2 Å². The van der Waals surface area contributed by atoms with Crippen molar-refractivity contribution in [3.63, 3.8) is 0 Å². The van der Waals surface area contributed by atoms with Crippen molar-refractivity contribution in [3.8, 4) is 0 Å². The average molecular weight is 423 g/mol. The third-order valence-corrected chi connectivity index (χ3v) is 7.74. The number of carbonyl (C=O) groups excluding carboxylic acids is 1. The zero-order chi connectivity index (χ0) is 21.7. The summed E-state index contributed by atoms with van der Waals surface area (Å²) in [7, 11) is 0. The first kappa shape index (κ1) is 22.3. The van der Waals surface area contributed by atoms with Gasteiger partial charge in [0.25, 0.3) is 0 Å². The Hall–Kier alpha value is -1.87. The quantitative estimate of drug-likeness (QED) is 0.559. The number of rotatable bonds is 9. The lowest BCUT2D eigenvalue weighted by atomic mass is 9.78. The van der Waals surface area contributed by atoms with Crippen molar-refractivity contribution >= 4 is 5.91 Å². The molecule has 2 fully saturated rings. The second-order valence-corrected chi connectivity index (χ2v) is 10.4. The van der Waals surface area contributed by atoms with E-state index in [1.165, 1.54) is 69.2 Å². The molecule has 0 spiro atoms. The van der Waals surface area contributed by atoms with Crippen LogP contribution < -0.4 is 5.32 Å². The van der Waals surface area contributed by atoms with E-state index in [1.54, 1.807) is 0 Å². The second kappa shape index (κ2) is 10.2. The second-order valence-electron chi connectivity index (χ2n) is 10.4. The molecule has 3 atom stereocenters. The van der Waals surface area contributed by atoms with Gasteiger partial charge in [0.15, 0.2) is 0 Å². The van der Waals surface area contributed by atoms with Crippen LogP contribution >= 0.6 is 0 Å². The molecule has 1 heterocycles. The predicted molar refractivity (Wildman–Crippen MR) is 131 cm³/mol. The molecule has 0 aromatic heterocycles. The highest BCUT2D eigenvalue weighted by Crippen LogP contribution is 2.52. The molecule has 3 nitrogen and oxygen atoms in total. The van der Waals surface area contributed by atoms with E-state index in [9.17, 15) is 4.79 Å². The van der Waals surface area contributed by atoms with Crippen LogP contribution in [-0.2, 0) is 11.2 Å². The molecule has 0 radical (unpaired) electrons. The van der Waals surface area contributed by atoms with Gasteiger partial charge in [0, 0.05) is 14.5 Å². The Bertz CT molecular complexity index is 801. The fourth-order valence-electron chi connectivity index (χ4n) is 5.54. The fourth-order valence-corrected chi connectivity index (χ4v) is 5.54. The predicted octanol–water partition coefficient (Wildman–Crippen LogP) is 5.63. The maximum Gasteiger partial charge on any atom is 0.229 e. The lowest BCUT2D eigenvalue weighted by Crippen LogP contribution is -2.42. The summed E-state index contributed by atoms with van der Waals surface area (Å²) in [6, 6.07) is 10.9. The molecule has 1 saturated heterocycles. The molecule has 0 bridgehead atoms. The Morgan fingerprint density at radius 1 is 1.19 bits per heavy atom. The number of aryl methyl sites for hydroxylation is 1. The minimum absolute atomic E-state index is 0. The summed E-state index contributed by atoms with van der Waals surface area (Å²) in [5.41, 5.74) is 2.39. The Morgan fingerprint density at radius 2 is 2.03 bits per heavy atom. The topological polar surface area (TPSA) is 32.3 Å². The number of carbonyl (C=O) groups is 1. The summed E-state index contributed by atoms with van der Waals surface area (Å²) in [5.74, 6) is 2.34. The summed E-state index contributed by atoms with van der Waals surface area (Å²) in [6.45, 7) is 8.27. The third-order valence-electron chi connectivity index (χ3n) is 7.74. The van der Waals surface area contributed by atoms with Gasteiger partial charge in [0.2, 0.25) is 5.91 Å². The van der Waals surface area contributed by atoms with E-state index >= 15 is 0 Å². The van der Waals surface area contributed by atoms with Crippen LogP contribution in [-0.4, -0.2) is 37.0 Å². The average Bonchev–Trinajstić information content (AvgIpc) is 3.58. The van der Waals surface area contributed by atoms with Gasteiger partial charge >= 0.3 is 0 Å². The van der Waals surface area contributed by atoms with E-state index in [-0.39, 0.29) is 7.33 Å². The van der Waals surface area contributed by atoms with Crippen LogP contribution in [0.5, 0.6) is 0 Å². The van der Waals surface area contributed by atoms with Gasteiger partial charge in [-0.25, -0.2) is 0 Å². The summed E-state index contributed by atoms with van der Waals surface area (Å²) in [4.78, 5) is 15.5. The maximum atomic E-state index is 12.9. The first-order valence-corrected chi connectivity index (χ1v) is 12.5. The van der Waals surface area contributed by atoms with E-state index in [0.29, 0.717) is 11.8 Å². The van der Waals surface area contributed by atoms with Crippen molar-refractivity contribution in [1.29, 1.82) is 0 Å². The van der Waals surface area contributed by atoms with Gasteiger partial charge in [-0.05, 0) is 88.8 Å². The largest absolute Gasteiger partial charge is 0.354 e. The number of nitrogens with one attached hydrogen (secondary N) is 1. The molecule has 3 heteroatoms. The Kier molecular flexibility index (Phi) is 7.32. The Balaban J connectivity index is 0.00000289. The van der Waals surface area contributed by atoms with Crippen LogP contribution in [0, 0.1) is 23.2 Å². The SMILES string of the molecule is CC(C)(C(=O)NCCN1CCCC(CCCc2ccccc2)CC1)C1=CC=CC2CC12.[HH]. The molecule has 2 aliphatic carbocycles. The molecule has 3 unspecified atom stereocenters. The Labute approximate surface area is 190 Å². The van der Waals surface area contributed by atoms with E-state index < -0.39 is 5.41 Å². The van der Waals surface area contributed by atoms with E-state index in [1.807, 2.05) is 0 Å². The van der Waals surface area contributed by atoms with E-state index in [4.69, 9.17) is 0 Å². The monoisotopic (exact) mass is 422 g/mol. The number of amides is 1. The Morgan fingerprint density at radius 3 is 2.87 bits per heavy atom. The molecule has 170 valence electrons. The number of likely N-dealkylation sites (tertiary alicyclic amines) is 1. The molecule has 1 saturated carbocycles. The van der Waals surface area contributed by atoms with Gasteiger partial charge in [0.1, 0.15) is 0 Å². The molecular weight excluding hydrogens is 380 g/mol. The number of benzene rings is 1. The summed E-state index contributed by atoms with van der Waals surface area (Å²) in [6.07, 6.45) is 15.6. The van der Waals surface area contributed by atoms with E-state index in [2.05, 4.69) is 72.6 Å². The first-order valence-electron chi connectivity index (χ1n) is 12.5. The van der Waals surface area contributed by atoms with Crippen LogP contribution in [0.1, 0.15) is 59.4 Å². The first-order chi connectivity index (χ1) is 15.0. The third kappa shape index (κ3) is 5.88. The van der Waals surface area contributed by atoms with Crippen molar-refractivity contribution in [2.75, 3.05) is 26.2 Å². The number of hydrogen-bond acceptors (Lipinski definition) is 2. The molecule has 4 rings (SSSR count). The molecule has 1 aromatic rings. The zero-order valence-corrected chi connectivity index (χ0v) is 19.5. The molecule has 1 N–H and O–H groups in total. The molecule has 3 aliphatic rings. The molecule has 1 aliphatic heterocycles. The van der Waals surface area contributed by atoms with Gasteiger partial charge in [-0.1, -0.05) is 60.6 Å². The lowest BCUT2D eigenvalue weighted by Gasteiger charge is -2.29. The van der Waals surface area contributed by atoms with Crippen LogP contribution in [0.3, 0.4) is 0 Å². The number of allylic oxidation sites excluding steroid dienone is 3. The van der Waals surface area contributed by atoms with Crippen molar-refractivity contribution in [2.45, 2.75) is 58.8 Å². The van der Waals surface area contributed by atoms with Crippen LogP contribution in [0.15, 0.2) is 54.1 Å². The molecule has 1 aromatic carbocycles. The van der Waals surface area contributed by atoms with Crippen molar-refractivity contribution < 1.29 is 6.22 Å².